The fourth-order valence-corrected chi connectivity index (χ4v) is 3.73. The van der Waals surface area contributed by atoms with Gasteiger partial charge in [0.05, 0.1) is 0 Å². The van der Waals surface area contributed by atoms with Gasteiger partial charge >= 0.3 is 0 Å². The Balaban J connectivity index is 1.51. The van der Waals surface area contributed by atoms with Crippen LogP contribution in [-0.2, 0) is 0 Å². The predicted molar refractivity (Wildman–Crippen MR) is 127 cm³/mol. The Labute approximate surface area is 190 Å². The molecule has 5 rings (SSSR count). The van der Waals surface area contributed by atoms with E-state index in [-0.39, 0.29) is 17.9 Å². The second-order valence-corrected chi connectivity index (χ2v) is 8.03. The summed E-state index contributed by atoms with van der Waals surface area (Å²) in [5.74, 6) is 0.530. The highest BCUT2D eigenvalue weighted by Crippen LogP contribution is 2.33. The van der Waals surface area contributed by atoms with Crippen LogP contribution in [0.5, 0.6) is 0 Å². The molecule has 2 N–H and O–H groups in total. The van der Waals surface area contributed by atoms with E-state index in [9.17, 15) is 4.79 Å². The minimum atomic E-state index is -0.258. The van der Waals surface area contributed by atoms with Crippen molar-refractivity contribution >= 4 is 35.1 Å². The number of nitrogens with zero attached hydrogens (tertiary/aromatic N) is 3. The average Bonchev–Trinajstić information content (AvgIpc) is 3.22. The average molecular weight is 442 g/mol. The molecule has 0 bridgehead atoms. The number of amides is 1. The molecule has 7 heteroatoms. The summed E-state index contributed by atoms with van der Waals surface area (Å²) in [5, 5.41) is 11.4. The minimum Gasteiger partial charge on any atom is -0.324 e. The van der Waals surface area contributed by atoms with Crippen molar-refractivity contribution in [2.75, 3.05) is 10.6 Å². The monoisotopic (exact) mass is 441 g/mol. The molecule has 0 aliphatic carbocycles. The largest absolute Gasteiger partial charge is 0.324 e. The second-order valence-electron chi connectivity index (χ2n) is 7.59. The van der Waals surface area contributed by atoms with Gasteiger partial charge in [-0.3, -0.25) is 10.1 Å². The number of aryl methyl sites for hydroxylation is 1. The van der Waals surface area contributed by atoms with E-state index in [2.05, 4.69) is 58.0 Å². The Kier molecular flexibility index (Phi) is 5.21. The summed E-state index contributed by atoms with van der Waals surface area (Å²) in [6, 6.07) is 24.7. The Bertz CT molecular complexity index is 1290. The summed E-state index contributed by atoms with van der Waals surface area (Å²) in [6.45, 7) is 2.05. The molecule has 1 aliphatic rings. The van der Waals surface area contributed by atoms with Gasteiger partial charge in [-0.1, -0.05) is 71.8 Å². The van der Waals surface area contributed by atoms with E-state index in [1.807, 2.05) is 42.5 Å². The van der Waals surface area contributed by atoms with Gasteiger partial charge in [-0.25, -0.2) is 4.68 Å². The van der Waals surface area contributed by atoms with Crippen LogP contribution in [0.15, 0.2) is 84.9 Å². The summed E-state index contributed by atoms with van der Waals surface area (Å²) in [4.78, 5) is 17.1. The van der Waals surface area contributed by atoms with Crippen LogP contribution < -0.4 is 10.6 Å². The number of nitrogens with one attached hydrogen (secondary N) is 2. The summed E-state index contributed by atoms with van der Waals surface area (Å²) < 4.78 is 1.78. The van der Waals surface area contributed by atoms with E-state index in [1.54, 1.807) is 16.8 Å². The molecule has 1 aromatic heterocycles. The smallest absolute Gasteiger partial charge is 0.258 e. The topological polar surface area (TPSA) is 71.8 Å². The van der Waals surface area contributed by atoms with Gasteiger partial charge in [0.15, 0.2) is 0 Å². The Morgan fingerprint density at radius 2 is 1.72 bits per heavy atom. The van der Waals surface area contributed by atoms with Crippen molar-refractivity contribution in [3.8, 4) is 0 Å². The van der Waals surface area contributed by atoms with E-state index < -0.39 is 0 Å². The van der Waals surface area contributed by atoms with Crippen LogP contribution in [0.2, 0.25) is 5.02 Å². The van der Waals surface area contributed by atoms with Gasteiger partial charge in [0.1, 0.15) is 6.04 Å². The standard InChI is InChI=1S/C25H20ClN5O/c1-16-7-9-18(10-8-16)22-15-21(17-11-13-20(26)14-12-17)27-25-29-24(30-31(22)25)28-23(32)19-5-3-2-4-6-19/h2-15,22H,1H3,(H2,27,28,29,30,32). The molecule has 32 heavy (non-hydrogen) atoms. The maximum Gasteiger partial charge on any atom is 0.258 e. The van der Waals surface area contributed by atoms with E-state index in [1.165, 1.54) is 5.56 Å². The highest BCUT2D eigenvalue weighted by molar-refractivity contribution is 6.30. The third-order valence-corrected chi connectivity index (χ3v) is 5.55. The number of fused-ring (bicyclic) bond motifs is 1. The summed E-state index contributed by atoms with van der Waals surface area (Å²) in [6.07, 6.45) is 2.10. The number of allylic oxidation sites excluding steroid dienone is 1. The van der Waals surface area contributed by atoms with Crippen molar-refractivity contribution in [3.63, 3.8) is 0 Å². The first-order valence-corrected chi connectivity index (χ1v) is 10.6. The molecule has 4 aromatic rings. The minimum absolute atomic E-state index is 0.188. The van der Waals surface area contributed by atoms with E-state index >= 15 is 0 Å². The predicted octanol–water partition coefficient (Wildman–Crippen LogP) is 5.55. The van der Waals surface area contributed by atoms with E-state index in [0.717, 1.165) is 16.8 Å². The maximum absolute atomic E-state index is 12.6. The quantitative estimate of drug-likeness (QED) is 0.435. The van der Waals surface area contributed by atoms with Crippen LogP contribution in [0.1, 0.15) is 33.1 Å². The SMILES string of the molecule is Cc1ccc(C2C=C(c3ccc(Cl)cc3)Nc3nc(NC(=O)c4ccccc4)nn32)cc1. The molecule has 0 saturated carbocycles. The molecule has 0 saturated heterocycles. The van der Waals surface area contributed by atoms with Gasteiger partial charge in [0, 0.05) is 16.3 Å². The van der Waals surface area contributed by atoms with E-state index in [0.29, 0.717) is 16.5 Å². The van der Waals surface area contributed by atoms with Crippen molar-refractivity contribution in [3.05, 3.63) is 112 Å². The lowest BCUT2D eigenvalue weighted by Gasteiger charge is -2.24. The van der Waals surface area contributed by atoms with E-state index in [4.69, 9.17) is 11.6 Å². The highest BCUT2D eigenvalue weighted by atomic mass is 35.5. The van der Waals surface area contributed by atoms with Crippen LogP contribution in [0, 0.1) is 6.92 Å². The summed E-state index contributed by atoms with van der Waals surface area (Å²) in [7, 11) is 0. The molecule has 6 nitrogen and oxygen atoms in total. The van der Waals surface area contributed by atoms with Crippen LogP contribution >= 0.6 is 11.6 Å². The Morgan fingerprint density at radius 3 is 2.44 bits per heavy atom. The lowest BCUT2D eigenvalue weighted by Crippen LogP contribution is -2.20. The molecule has 3 aromatic carbocycles. The normalized spacial score (nSPS) is 14.8. The first-order chi connectivity index (χ1) is 15.6. The van der Waals surface area contributed by atoms with Crippen molar-refractivity contribution in [1.82, 2.24) is 14.8 Å². The van der Waals surface area contributed by atoms with Gasteiger partial charge in [-0.15, -0.1) is 5.10 Å². The Hall–Kier alpha value is -3.90. The molecule has 0 radical (unpaired) electrons. The molecule has 0 fully saturated rings. The number of rotatable bonds is 4. The number of aromatic nitrogens is 3. The zero-order valence-electron chi connectivity index (χ0n) is 17.3. The zero-order chi connectivity index (χ0) is 22.1. The van der Waals surface area contributed by atoms with Crippen LogP contribution in [-0.4, -0.2) is 20.7 Å². The summed E-state index contributed by atoms with van der Waals surface area (Å²) in [5.41, 5.74) is 4.67. The number of halogens is 1. The fourth-order valence-electron chi connectivity index (χ4n) is 3.61. The third-order valence-electron chi connectivity index (χ3n) is 5.30. The highest BCUT2D eigenvalue weighted by Gasteiger charge is 2.26. The lowest BCUT2D eigenvalue weighted by atomic mass is 10.0. The Morgan fingerprint density at radius 1 is 1.00 bits per heavy atom. The van der Waals surface area contributed by atoms with Crippen molar-refractivity contribution in [2.45, 2.75) is 13.0 Å². The van der Waals surface area contributed by atoms with Gasteiger partial charge in [0.25, 0.3) is 11.9 Å². The van der Waals surface area contributed by atoms with Gasteiger partial charge in [0.2, 0.25) is 5.95 Å². The zero-order valence-corrected chi connectivity index (χ0v) is 18.0. The lowest BCUT2D eigenvalue weighted by molar-refractivity contribution is 0.102. The van der Waals surface area contributed by atoms with Crippen LogP contribution in [0.3, 0.4) is 0 Å². The van der Waals surface area contributed by atoms with Crippen LogP contribution in [0.4, 0.5) is 11.9 Å². The van der Waals surface area contributed by atoms with Crippen LogP contribution in [0.25, 0.3) is 5.70 Å². The van der Waals surface area contributed by atoms with Crippen molar-refractivity contribution in [2.24, 2.45) is 0 Å². The second kappa shape index (κ2) is 8.32. The molecule has 1 aliphatic heterocycles. The number of anilines is 2. The maximum atomic E-state index is 12.6. The third kappa shape index (κ3) is 4.00. The number of hydrogen-bond donors (Lipinski definition) is 2. The van der Waals surface area contributed by atoms with Crippen molar-refractivity contribution < 1.29 is 4.79 Å². The van der Waals surface area contributed by atoms with Gasteiger partial charge in [-0.2, -0.15) is 4.98 Å². The number of hydrogen-bond acceptors (Lipinski definition) is 4. The first kappa shape index (κ1) is 20.0. The molecule has 1 atom stereocenters. The molecule has 0 spiro atoms. The molecular weight excluding hydrogens is 422 g/mol. The summed E-state index contributed by atoms with van der Waals surface area (Å²) >= 11 is 6.07. The number of benzene rings is 3. The first-order valence-electron chi connectivity index (χ1n) is 10.2. The molecule has 1 amide bonds. The molecule has 1 unspecified atom stereocenters. The molecule has 2 heterocycles. The molecule has 158 valence electrons. The fraction of sp³-hybridized carbons (Fsp3) is 0.0800. The van der Waals surface area contributed by atoms with Crippen molar-refractivity contribution in [1.29, 1.82) is 0 Å². The number of carbonyl (C=O) groups excluding carboxylic acids is 1. The number of carbonyl (C=O) groups is 1. The molecular formula is C25H20ClN5O. The van der Waals surface area contributed by atoms with Gasteiger partial charge < -0.3 is 5.32 Å². The van der Waals surface area contributed by atoms with Gasteiger partial charge in [-0.05, 0) is 48.4 Å².